The van der Waals surface area contributed by atoms with E-state index in [1.165, 1.54) is 11.3 Å². The Morgan fingerprint density at radius 1 is 1.39 bits per heavy atom. The van der Waals surface area contributed by atoms with Gasteiger partial charge in [-0.2, -0.15) is 0 Å². The molecular formula is C14H11ClN4O3S. The van der Waals surface area contributed by atoms with Crippen molar-refractivity contribution < 1.29 is 14.4 Å². The lowest BCUT2D eigenvalue weighted by molar-refractivity contribution is -0.124. The van der Waals surface area contributed by atoms with Crippen LogP contribution in [0, 0.1) is 0 Å². The molecule has 0 aliphatic carbocycles. The number of thiazole rings is 1. The maximum Gasteiger partial charge on any atom is 0.343 e. The number of imide groups is 1. The quantitative estimate of drug-likeness (QED) is 0.819. The zero-order valence-corrected chi connectivity index (χ0v) is 13.3. The van der Waals surface area contributed by atoms with Gasteiger partial charge in [-0.15, -0.1) is 11.3 Å². The fourth-order valence-corrected chi connectivity index (χ4v) is 3.17. The van der Waals surface area contributed by atoms with Gasteiger partial charge in [-0.1, -0.05) is 29.8 Å². The number of carbonyl (C=O) groups is 3. The van der Waals surface area contributed by atoms with E-state index in [-0.39, 0.29) is 13.0 Å². The molecule has 1 aliphatic heterocycles. The molecule has 0 atom stereocenters. The van der Waals surface area contributed by atoms with Crippen molar-refractivity contribution in [3.05, 3.63) is 40.4 Å². The van der Waals surface area contributed by atoms with Crippen molar-refractivity contribution >= 4 is 40.8 Å². The molecule has 0 saturated carbocycles. The second-order valence-electron chi connectivity index (χ2n) is 4.78. The van der Waals surface area contributed by atoms with Crippen LogP contribution in [0.25, 0.3) is 10.6 Å². The molecule has 1 aliphatic rings. The van der Waals surface area contributed by atoms with Gasteiger partial charge in [0, 0.05) is 10.9 Å². The van der Waals surface area contributed by atoms with Gasteiger partial charge in [0.15, 0.2) is 0 Å². The van der Waals surface area contributed by atoms with Gasteiger partial charge in [0.05, 0.1) is 17.1 Å². The van der Waals surface area contributed by atoms with Gasteiger partial charge in [-0.05, 0) is 6.07 Å². The lowest BCUT2D eigenvalue weighted by Crippen LogP contribution is -2.44. The van der Waals surface area contributed by atoms with Crippen molar-refractivity contribution in [2.24, 2.45) is 0 Å². The van der Waals surface area contributed by atoms with Crippen molar-refractivity contribution in [2.75, 3.05) is 6.54 Å². The summed E-state index contributed by atoms with van der Waals surface area (Å²) in [7, 11) is 0. The average Bonchev–Trinajstić information content (AvgIpc) is 3.06. The van der Waals surface area contributed by atoms with Crippen LogP contribution in [0.4, 0.5) is 4.79 Å². The third kappa shape index (κ3) is 3.49. The van der Waals surface area contributed by atoms with E-state index in [1.54, 1.807) is 11.4 Å². The van der Waals surface area contributed by atoms with Crippen molar-refractivity contribution in [1.29, 1.82) is 0 Å². The van der Waals surface area contributed by atoms with Gasteiger partial charge < -0.3 is 0 Å². The van der Waals surface area contributed by atoms with Crippen LogP contribution >= 0.6 is 22.9 Å². The molecule has 0 spiro atoms. The highest BCUT2D eigenvalue weighted by molar-refractivity contribution is 7.13. The van der Waals surface area contributed by atoms with Gasteiger partial charge in [-0.25, -0.2) is 14.8 Å². The number of nitrogens with zero attached hydrogens (tertiary/aromatic N) is 2. The molecule has 1 fully saturated rings. The Bertz CT molecular complexity index is 792. The fraction of sp³-hybridized carbons (Fsp3) is 0.143. The summed E-state index contributed by atoms with van der Waals surface area (Å²) in [5.74, 6) is -0.879. The van der Waals surface area contributed by atoms with E-state index >= 15 is 0 Å². The van der Waals surface area contributed by atoms with Crippen LogP contribution < -0.4 is 10.7 Å². The number of aromatic nitrogens is 1. The summed E-state index contributed by atoms with van der Waals surface area (Å²) in [6, 6.07) is 6.67. The van der Waals surface area contributed by atoms with Crippen molar-refractivity contribution in [2.45, 2.75) is 6.42 Å². The normalized spacial score (nSPS) is 14.0. The molecule has 7 nitrogen and oxygen atoms in total. The number of hydrazine groups is 1. The number of hydrogen-bond donors (Lipinski definition) is 2. The standard InChI is InChI=1S/C14H11ClN4O3S/c15-10-4-2-1-3-9(10)13-16-8(7-23-13)5-11(20)18-19-6-12(21)17-14(19)22/h1-4,7H,5-6H2,(H,18,20)(H,17,21,22). The summed E-state index contributed by atoms with van der Waals surface area (Å²) >= 11 is 7.50. The third-order valence-corrected chi connectivity index (χ3v) is 4.30. The maximum absolute atomic E-state index is 11.9. The minimum absolute atomic E-state index is 0.00107. The first-order valence-electron chi connectivity index (χ1n) is 6.63. The molecule has 23 heavy (non-hydrogen) atoms. The zero-order valence-electron chi connectivity index (χ0n) is 11.7. The molecule has 1 aromatic carbocycles. The van der Waals surface area contributed by atoms with Crippen LogP contribution in [0.2, 0.25) is 5.02 Å². The summed E-state index contributed by atoms with van der Waals surface area (Å²) in [6.07, 6.45) is -0.00107. The van der Waals surface area contributed by atoms with Crippen LogP contribution in [0.5, 0.6) is 0 Å². The number of amides is 4. The van der Waals surface area contributed by atoms with Crippen LogP contribution in [0.1, 0.15) is 5.69 Å². The van der Waals surface area contributed by atoms with Crippen LogP contribution in [-0.4, -0.2) is 34.4 Å². The molecule has 0 bridgehead atoms. The van der Waals surface area contributed by atoms with Gasteiger partial charge >= 0.3 is 6.03 Å². The van der Waals surface area contributed by atoms with Gasteiger partial charge in [0.25, 0.3) is 0 Å². The number of rotatable bonds is 4. The molecule has 1 aromatic heterocycles. The van der Waals surface area contributed by atoms with Crippen LogP contribution in [0.15, 0.2) is 29.6 Å². The molecule has 118 valence electrons. The highest BCUT2D eigenvalue weighted by Crippen LogP contribution is 2.30. The molecule has 2 aromatic rings. The zero-order chi connectivity index (χ0) is 16.4. The third-order valence-electron chi connectivity index (χ3n) is 3.05. The van der Waals surface area contributed by atoms with E-state index in [4.69, 9.17) is 11.6 Å². The van der Waals surface area contributed by atoms with E-state index in [2.05, 4.69) is 15.7 Å². The first-order valence-corrected chi connectivity index (χ1v) is 7.89. The first kappa shape index (κ1) is 15.4. The highest BCUT2D eigenvalue weighted by atomic mass is 35.5. The predicted molar refractivity (Wildman–Crippen MR) is 84.7 cm³/mol. The lowest BCUT2D eigenvalue weighted by atomic mass is 10.2. The van der Waals surface area contributed by atoms with E-state index in [0.29, 0.717) is 15.7 Å². The average molecular weight is 351 g/mol. The highest BCUT2D eigenvalue weighted by Gasteiger charge is 2.28. The summed E-state index contributed by atoms with van der Waals surface area (Å²) < 4.78 is 0. The van der Waals surface area contributed by atoms with Crippen LogP contribution in [-0.2, 0) is 16.0 Å². The van der Waals surface area contributed by atoms with Gasteiger partial charge in [-0.3, -0.25) is 20.3 Å². The molecule has 0 radical (unpaired) electrons. The Hall–Kier alpha value is -2.45. The number of halogens is 1. The molecule has 3 rings (SSSR count). The smallest absolute Gasteiger partial charge is 0.275 e. The molecular weight excluding hydrogens is 340 g/mol. The minimum atomic E-state index is -0.640. The molecule has 4 amide bonds. The summed E-state index contributed by atoms with van der Waals surface area (Å²) in [6.45, 7) is -0.188. The lowest BCUT2D eigenvalue weighted by Gasteiger charge is -2.13. The molecule has 1 saturated heterocycles. The number of carbonyl (C=O) groups excluding carboxylic acids is 3. The monoisotopic (exact) mass is 350 g/mol. The van der Waals surface area contributed by atoms with Crippen molar-refractivity contribution in [3.8, 4) is 10.6 Å². The van der Waals surface area contributed by atoms with Crippen molar-refractivity contribution in [1.82, 2.24) is 20.7 Å². The number of urea groups is 1. The molecule has 2 N–H and O–H groups in total. The van der Waals surface area contributed by atoms with E-state index in [0.717, 1.165) is 10.6 Å². The van der Waals surface area contributed by atoms with Crippen LogP contribution in [0.3, 0.4) is 0 Å². The summed E-state index contributed by atoms with van der Waals surface area (Å²) in [5.41, 5.74) is 3.73. The Kier molecular flexibility index (Phi) is 4.26. The maximum atomic E-state index is 11.9. The van der Waals surface area contributed by atoms with Gasteiger partial charge in [0.2, 0.25) is 11.8 Å². The first-order chi connectivity index (χ1) is 11.0. The second-order valence-corrected chi connectivity index (χ2v) is 6.04. The second kappa shape index (κ2) is 6.35. The van der Waals surface area contributed by atoms with Crippen molar-refractivity contribution in [3.63, 3.8) is 0 Å². The van der Waals surface area contributed by atoms with Gasteiger partial charge in [0.1, 0.15) is 11.6 Å². The van der Waals surface area contributed by atoms with E-state index in [9.17, 15) is 14.4 Å². The molecule has 9 heteroatoms. The Labute approximate surface area is 140 Å². The minimum Gasteiger partial charge on any atom is -0.275 e. The Morgan fingerprint density at radius 3 is 2.87 bits per heavy atom. The Morgan fingerprint density at radius 2 is 2.17 bits per heavy atom. The molecule has 0 unspecified atom stereocenters. The molecule has 2 heterocycles. The fourth-order valence-electron chi connectivity index (χ4n) is 2.03. The van der Waals surface area contributed by atoms with E-state index in [1.807, 2.05) is 18.2 Å². The number of nitrogens with one attached hydrogen (secondary N) is 2. The summed E-state index contributed by atoms with van der Waals surface area (Å²) in [4.78, 5) is 38.7. The SMILES string of the molecule is O=C1CN(NC(=O)Cc2csc(-c3ccccc3Cl)n2)C(=O)N1. The number of benzene rings is 1. The predicted octanol–water partition coefficient (Wildman–Crippen LogP) is 1.59. The summed E-state index contributed by atoms with van der Waals surface area (Å²) in [5, 5.41) is 6.07. The Balaban J connectivity index is 1.65. The van der Waals surface area contributed by atoms with E-state index < -0.39 is 17.8 Å². The largest absolute Gasteiger partial charge is 0.343 e. The topological polar surface area (TPSA) is 91.4 Å². The number of hydrogen-bond acceptors (Lipinski definition) is 5.